The maximum Gasteiger partial charge on any atom is 0.243 e. The molecular formula is C11H17ClN4O. The summed E-state index contributed by atoms with van der Waals surface area (Å²) in [7, 11) is 0. The number of carbonyl (C=O) groups excluding carboxylic acids is 1. The van der Waals surface area contributed by atoms with Gasteiger partial charge in [-0.25, -0.2) is 9.97 Å². The highest BCUT2D eigenvalue weighted by Gasteiger charge is 2.20. The molecule has 0 saturated carbocycles. The van der Waals surface area contributed by atoms with Crippen molar-refractivity contribution in [2.24, 2.45) is 11.7 Å². The van der Waals surface area contributed by atoms with Gasteiger partial charge in [0.15, 0.2) is 0 Å². The van der Waals surface area contributed by atoms with E-state index in [2.05, 4.69) is 15.3 Å². The molecule has 5 nitrogen and oxygen atoms in total. The fourth-order valence-electron chi connectivity index (χ4n) is 1.29. The highest BCUT2D eigenvalue weighted by atomic mass is 35.5. The van der Waals surface area contributed by atoms with E-state index in [4.69, 9.17) is 17.3 Å². The lowest BCUT2D eigenvalue weighted by molar-refractivity contribution is -0.118. The molecule has 2 atom stereocenters. The van der Waals surface area contributed by atoms with Gasteiger partial charge in [-0.2, -0.15) is 0 Å². The van der Waals surface area contributed by atoms with Crippen LogP contribution in [-0.2, 0) is 4.79 Å². The Kier molecular flexibility index (Phi) is 4.84. The predicted molar refractivity (Wildman–Crippen MR) is 67.8 cm³/mol. The summed E-state index contributed by atoms with van der Waals surface area (Å²) in [4.78, 5) is 19.7. The van der Waals surface area contributed by atoms with Crippen LogP contribution in [0.25, 0.3) is 0 Å². The van der Waals surface area contributed by atoms with Crippen molar-refractivity contribution in [2.75, 3.05) is 5.32 Å². The first-order chi connectivity index (χ1) is 7.93. The topological polar surface area (TPSA) is 80.9 Å². The number of halogens is 1. The van der Waals surface area contributed by atoms with Crippen LogP contribution in [0.3, 0.4) is 0 Å². The van der Waals surface area contributed by atoms with Crippen molar-refractivity contribution >= 4 is 23.5 Å². The highest BCUT2D eigenvalue weighted by Crippen LogP contribution is 2.11. The van der Waals surface area contributed by atoms with Gasteiger partial charge in [-0.1, -0.05) is 31.9 Å². The smallest absolute Gasteiger partial charge is 0.243 e. The van der Waals surface area contributed by atoms with Crippen molar-refractivity contribution in [2.45, 2.75) is 33.2 Å². The Bertz CT molecular complexity index is 390. The van der Waals surface area contributed by atoms with E-state index in [0.29, 0.717) is 10.8 Å². The quantitative estimate of drug-likeness (QED) is 0.805. The summed E-state index contributed by atoms with van der Waals surface area (Å²) >= 11 is 5.77. The lowest BCUT2D eigenvalue weighted by Crippen LogP contribution is -2.41. The van der Waals surface area contributed by atoms with Crippen LogP contribution < -0.4 is 11.1 Å². The van der Waals surface area contributed by atoms with E-state index in [1.807, 2.05) is 13.8 Å². The molecule has 0 aliphatic heterocycles. The Morgan fingerprint density at radius 2 is 2.24 bits per heavy atom. The predicted octanol–water partition coefficient (Wildman–Crippen LogP) is 1.75. The fraction of sp³-hybridized carbons (Fsp3) is 0.545. The van der Waals surface area contributed by atoms with Crippen molar-refractivity contribution in [1.29, 1.82) is 0 Å². The van der Waals surface area contributed by atoms with Gasteiger partial charge < -0.3 is 5.73 Å². The van der Waals surface area contributed by atoms with Crippen LogP contribution >= 0.6 is 11.6 Å². The molecular weight excluding hydrogens is 240 g/mol. The number of nitrogens with one attached hydrogen (secondary N) is 1. The van der Waals surface area contributed by atoms with Crippen molar-refractivity contribution in [3.8, 4) is 0 Å². The Hall–Kier alpha value is -1.20. The number of amides is 1. The van der Waals surface area contributed by atoms with E-state index >= 15 is 0 Å². The monoisotopic (exact) mass is 256 g/mol. The van der Waals surface area contributed by atoms with E-state index in [0.717, 1.165) is 6.42 Å². The molecule has 0 aliphatic rings. The molecule has 1 aromatic heterocycles. The van der Waals surface area contributed by atoms with Crippen molar-refractivity contribution < 1.29 is 4.79 Å². The lowest BCUT2D eigenvalue weighted by Gasteiger charge is -2.17. The van der Waals surface area contributed by atoms with Gasteiger partial charge in [0.1, 0.15) is 5.15 Å². The summed E-state index contributed by atoms with van der Waals surface area (Å²) in [5.41, 5.74) is 6.49. The largest absolute Gasteiger partial charge is 0.320 e. The minimum absolute atomic E-state index is 0.107. The van der Waals surface area contributed by atoms with Crippen molar-refractivity contribution in [3.05, 3.63) is 16.9 Å². The summed E-state index contributed by atoms with van der Waals surface area (Å²) in [6, 6.07) is 1.05. The van der Waals surface area contributed by atoms with E-state index in [1.54, 1.807) is 13.0 Å². The number of nitrogens with zero attached hydrogens (tertiary/aromatic N) is 2. The zero-order valence-corrected chi connectivity index (χ0v) is 11.0. The molecule has 0 aliphatic carbocycles. The minimum Gasteiger partial charge on any atom is -0.320 e. The third-order valence-corrected chi connectivity index (χ3v) is 2.81. The average Bonchev–Trinajstić information content (AvgIpc) is 2.25. The normalized spacial score (nSPS) is 14.2. The van der Waals surface area contributed by atoms with Gasteiger partial charge in [0, 0.05) is 5.69 Å². The molecule has 17 heavy (non-hydrogen) atoms. The number of carbonyl (C=O) groups is 1. The minimum atomic E-state index is -0.567. The molecule has 0 fully saturated rings. The number of aryl methyl sites for hydroxylation is 1. The highest BCUT2D eigenvalue weighted by molar-refractivity contribution is 6.29. The molecule has 94 valence electrons. The van der Waals surface area contributed by atoms with Gasteiger partial charge in [0.2, 0.25) is 11.9 Å². The van der Waals surface area contributed by atoms with Crippen LogP contribution in [-0.4, -0.2) is 21.9 Å². The third-order valence-electron chi connectivity index (χ3n) is 2.62. The molecule has 1 amide bonds. The van der Waals surface area contributed by atoms with Gasteiger partial charge in [-0.05, 0) is 18.9 Å². The Balaban J connectivity index is 2.74. The number of nitrogens with two attached hydrogens (primary N) is 1. The molecule has 6 heteroatoms. The van der Waals surface area contributed by atoms with Crippen molar-refractivity contribution in [1.82, 2.24) is 9.97 Å². The number of hydrogen-bond acceptors (Lipinski definition) is 4. The van der Waals surface area contributed by atoms with Crippen LogP contribution in [0.4, 0.5) is 5.95 Å². The summed E-state index contributed by atoms with van der Waals surface area (Å²) in [6.07, 6.45) is 0.837. The Morgan fingerprint density at radius 3 is 2.76 bits per heavy atom. The van der Waals surface area contributed by atoms with Crippen LogP contribution in [0, 0.1) is 12.8 Å². The fourth-order valence-corrected chi connectivity index (χ4v) is 1.53. The van der Waals surface area contributed by atoms with Crippen LogP contribution in [0.15, 0.2) is 6.07 Å². The second-order valence-electron chi connectivity index (χ2n) is 4.06. The molecule has 0 saturated heterocycles. The maximum atomic E-state index is 11.8. The summed E-state index contributed by atoms with van der Waals surface area (Å²) in [5.74, 6) is 0.00931. The number of hydrogen-bond donors (Lipinski definition) is 2. The van der Waals surface area contributed by atoms with E-state index in [-0.39, 0.29) is 17.8 Å². The second-order valence-corrected chi connectivity index (χ2v) is 4.44. The first-order valence-corrected chi connectivity index (χ1v) is 5.89. The van der Waals surface area contributed by atoms with E-state index < -0.39 is 6.04 Å². The summed E-state index contributed by atoms with van der Waals surface area (Å²) in [6.45, 7) is 5.68. The first kappa shape index (κ1) is 13.9. The molecule has 0 spiro atoms. The molecule has 1 heterocycles. The summed E-state index contributed by atoms with van der Waals surface area (Å²) < 4.78 is 0. The number of anilines is 1. The average molecular weight is 257 g/mol. The van der Waals surface area contributed by atoms with Crippen LogP contribution in [0.2, 0.25) is 5.15 Å². The molecule has 2 unspecified atom stereocenters. The molecule has 1 aromatic rings. The van der Waals surface area contributed by atoms with E-state index in [1.165, 1.54) is 0 Å². The van der Waals surface area contributed by atoms with Crippen molar-refractivity contribution in [3.63, 3.8) is 0 Å². The maximum absolute atomic E-state index is 11.8. The van der Waals surface area contributed by atoms with Gasteiger partial charge in [0.25, 0.3) is 0 Å². The van der Waals surface area contributed by atoms with Crippen LogP contribution in [0.5, 0.6) is 0 Å². The Labute approximate surface area is 106 Å². The van der Waals surface area contributed by atoms with Gasteiger partial charge in [0.05, 0.1) is 6.04 Å². The number of rotatable bonds is 4. The van der Waals surface area contributed by atoms with E-state index in [9.17, 15) is 4.79 Å². The summed E-state index contributed by atoms with van der Waals surface area (Å²) in [5, 5.41) is 2.86. The molecule has 3 N–H and O–H groups in total. The zero-order valence-electron chi connectivity index (χ0n) is 10.2. The SMILES string of the molecule is CCC(C)C(N)C(=O)Nc1nc(C)cc(Cl)n1. The van der Waals surface area contributed by atoms with Gasteiger partial charge in [-0.3, -0.25) is 10.1 Å². The molecule has 1 rings (SSSR count). The second kappa shape index (κ2) is 5.93. The third kappa shape index (κ3) is 3.94. The Morgan fingerprint density at radius 1 is 1.59 bits per heavy atom. The molecule has 0 aromatic carbocycles. The lowest BCUT2D eigenvalue weighted by atomic mass is 10.00. The molecule has 0 radical (unpaired) electrons. The molecule has 0 bridgehead atoms. The van der Waals surface area contributed by atoms with Crippen LogP contribution in [0.1, 0.15) is 26.0 Å². The first-order valence-electron chi connectivity index (χ1n) is 5.51. The standard InChI is InChI=1S/C11H17ClN4O/c1-4-6(2)9(13)10(17)16-11-14-7(3)5-8(12)15-11/h5-6,9H,4,13H2,1-3H3,(H,14,15,16,17). The number of aromatic nitrogens is 2. The van der Waals surface area contributed by atoms with Gasteiger partial charge >= 0.3 is 0 Å². The van der Waals surface area contributed by atoms with Gasteiger partial charge in [-0.15, -0.1) is 0 Å². The zero-order chi connectivity index (χ0) is 13.0.